The Labute approximate surface area is 273 Å². The third-order valence-electron chi connectivity index (χ3n) is 9.15. The summed E-state index contributed by atoms with van der Waals surface area (Å²) in [5.41, 5.74) is 4.19. The summed E-state index contributed by atoms with van der Waals surface area (Å²) in [5, 5.41) is 9.16. The molecule has 10 heteroatoms. The van der Waals surface area contributed by atoms with E-state index in [1.54, 1.807) is 18.5 Å². The number of thiophene rings is 1. The van der Waals surface area contributed by atoms with Crippen LogP contribution in [0, 0.1) is 16.7 Å². The molecule has 2 fully saturated rings. The molecule has 0 radical (unpaired) electrons. The van der Waals surface area contributed by atoms with E-state index in [0.717, 1.165) is 61.4 Å². The quantitative estimate of drug-likeness (QED) is 0.207. The lowest BCUT2D eigenvalue weighted by Gasteiger charge is -2.38. The molecule has 1 saturated carbocycles. The number of halogens is 1. The Hall–Kier alpha value is -4.13. The van der Waals surface area contributed by atoms with Gasteiger partial charge in [-0.1, -0.05) is 49.9 Å². The van der Waals surface area contributed by atoms with Crippen molar-refractivity contribution >= 4 is 46.1 Å². The molecule has 0 unspecified atom stereocenters. The van der Waals surface area contributed by atoms with E-state index in [0.29, 0.717) is 41.0 Å². The largest absolute Gasteiger partial charge is 0.368 e. The molecule has 232 valence electrons. The number of anilines is 2. The van der Waals surface area contributed by atoms with Crippen LogP contribution in [0.25, 0.3) is 0 Å². The first-order chi connectivity index (χ1) is 21.8. The number of nitrogens with zero attached hydrogens (tertiary/aromatic N) is 6. The summed E-state index contributed by atoms with van der Waals surface area (Å²) in [6.45, 7) is 5.89. The number of piperazine rings is 1. The molecule has 3 heterocycles. The summed E-state index contributed by atoms with van der Waals surface area (Å²) in [6.07, 6.45) is 8.75. The number of hydrogen-bond donors (Lipinski definition) is 0. The number of benzene rings is 2. The lowest BCUT2D eigenvalue weighted by molar-refractivity contribution is -0.129. The Bertz CT molecular complexity index is 1680. The second kappa shape index (κ2) is 13.5. The van der Waals surface area contributed by atoms with E-state index in [2.05, 4.69) is 39.6 Å². The summed E-state index contributed by atoms with van der Waals surface area (Å²) in [5.74, 6) is 0.188. The van der Waals surface area contributed by atoms with Gasteiger partial charge in [-0.3, -0.25) is 9.59 Å². The third kappa shape index (κ3) is 6.92. The van der Waals surface area contributed by atoms with Gasteiger partial charge in [0.15, 0.2) is 0 Å². The Morgan fingerprint density at radius 3 is 2.33 bits per heavy atom. The van der Waals surface area contributed by atoms with Crippen LogP contribution in [0.3, 0.4) is 0 Å². The van der Waals surface area contributed by atoms with Crippen molar-refractivity contribution in [3.8, 4) is 6.07 Å². The molecule has 0 N–H and O–H groups in total. The lowest BCUT2D eigenvalue weighted by Crippen LogP contribution is -2.48. The number of amides is 2. The minimum absolute atomic E-state index is 0.0330. The van der Waals surface area contributed by atoms with Gasteiger partial charge in [0.1, 0.15) is 0 Å². The molecule has 45 heavy (non-hydrogen) atoms. The van der Waals surface area contributed by atoms with Gasteiger partial charge in [0, 0.05) is 55.7 Å². The monoisotopic (exact) mass is 640 g/mol. The van der Waals surface area contributed by atoms with E-state index in [-0.39, 0.29) is 11.8 Å². The number of imidazole rings is 1. The van der Waals surface area contributed by atoms with Crippen LogP contribution in [0.15, 0.2) is 73.2 Å². The minimum atomic E-state index is -0.398. The summed E-state index contributed by atoms with van der Waals surface area (Å²) in [6, 6.07) is 21.6. The highest BCUT2D eigenvalue weighted by Gasteiger charge is 2.38. The fraction of sp³-hybridized carbons (Fsp3) is 0.371. The fourth-order valence-corrected chi connectivity index (χ4v) is 7.42. The predicted octanol–water partition coefficient (Wildman–Crippen LogP) is 6.98. The number of nitriles is 1. The average Bonchev–Trinajstić information content (AvgIpc) is 3.72. The van der Waals surface area contributed by atoms with Gasteiger partial charge in [-0.05, 0) is 66.9 Å². The van der Waals surface area contributed by atoms with E-state index in [4.69, 9.17) is 16.9 Å². The maximum absolute atomic E-state index is 14.3. The van der Waals surface area contributed by atoms with Crippen LogP contribution in [0.1, 0.15) is 65.5 Å². The first-order valence-corrected chi connectivity index (χ1v) is 16.7. The normalized spacial score (nSPS) is 16.3. The van der Waals surface area contributed by atoms with Crippen LogP contribution in [0.4, 0.5) is 11.4 Å². The van der Waals surface area contributed by atoms with E-state index >= 15 is 0 Å². The molecule has 2 aliphatic rings. The number of hydrogen-bond acceptors (Lipinski definition) is 6. The Morgan fingerprint density at radius 2 is 1.69 bits per heavy atom. The smallest absolute Gasteiger partial charge is 0.264 e. The second-order valence-corrected chi connectivity index (χ2v) is 13.9. The Balaban J connectivity index is 1.19. The fourth-order valence-electron chi connectivity index (χ4n) is 6.41. The maximum atomic E-state index is 14.3. The molecule has 1 saturated heterocycles. The van der Waals surface area contributed by atoms with Crippen LogP contribution in [0.5, 0.6) is 0 Å². The number of carbonyl (C=O) groups excluding carboxylic acids is 2. The summed E-state index contributed by atoms with van der Waals surface area (Å²) in [4.78, 5) is 38.4. The van der Waals surface area contributed by atoms with Crippen molar-refractivity contribution in [2.75, 3.05) is 36.0 Å². The molecule has 4 aromatic rings. The molecule has 1 aliphatic heterocycles. The molecule has 2 aromatic heterocycles. The van der Waals surface area contributed by atoms with Gasteiger partial charge in [-0.2, -0.15) is 5.26 Å². The molecule has 2 amide bonds. The van der Waals surface area contributed by atoms with E-state index in [1.165, 1.54) is 17.8 Å². The van der Waals surface area contributed by atoms with Crippen LogP contribution in [-0.2, 0) is 17.9 Å². The Kier molecular flexibility index (Phi) is 9.24. The first-order valence-electron chi connectivity index (χ1n) is 15.5. The zero-order chi connectivity index (χ0) is 31.4. The number of rotatable bonds is 8. The maximum Gasteiger partial charge on any atom is 0.264 e. The van der Waals surface area contributed by atoms with Gasteiger partial charge in [0.2, 0.25) is 5.91 Å². The number of aromatic nitrogens is 2. The van der Waals surface area contributed by atoms with Crippen molar-refractivity contribution in [2.45, 2.75) is 52.1 Å². The average molecular weight is 641 g/mol. The lowest BCUT2D eigenvalue weighted by atomic mass is 9.74. The zero-order valence-corrected chi connectivity index (χ0v) is 27.1. The van der Waals surface area contributed by atoms with Gasteiger partial charge in [0.25, 0.3) is 5.91 Å². The molecule has 0 spiro atoms. The highest BCUT2D eigenvalue weighted by atomic mass is 35.5. The van der Waals surface area contributed by atoms with Crippen LogP contribution < -0.4 is 9.80 Å². The van der Waals surface area contributed by atoms with Gasteiger partial charge < -0.3 is 19.3 Å². The van der Waals surface area contributed by atoms with Gasteiger partial charge >= 0.3 is 0 Å². The molecular weight excluding hydrogens is 604 g/mol. The van der Waals surface area contributed by atoms with Crippen LogP contribution >= 0.6 is 22.9 Å². The Morgan fingerprint density at radius 1 is 0.978 bits per heavy atom. The van der Waals surface area contributed by atoms with Gasteiger partial charge in [-0.25, -0.2) is 4.98 Å². The molecular formula is C35H37ClN6O2S. The van der Waals surface area contributed by atoms with Crippen molar-refractivity contribution in [1.82, 2.24) is 14.5 Å². The summed E-state index contributed by atoms with van der Waals surface area (Å²) in [7, 11) is 0. The summed E-state index contributed by atoms with van der Waals surface area (Å²) < 4.78 is 2.70. The predicted molar refractivity (Wildman–Crippen MR) is 179 cm³/mol. The van der Waals surface area contributed by atoms with Gasteiger partial charge in [-0.15, -0.1) is 11.3 Å². The molecule has 0 atom stereocenters. The van der Waals surface area contributed by atoms with Crippen LogP contribution in [0.2, 0.25) is 4.34 Å². The molecule has 6 rings (SSSR count). The first kappa shape index (κ1) is 30.9. The molecule has 2 aromatic carbocycles. The summed E-state index contributed by atoms with van der Waals surface area (Å²) >= 11 is 7.36. The van der Waals surface area contributed by atoms with Crippen molar-refractivity contribution < 1.29 is 9.59 Å². The second-order valence-electron chi connectivity index (χ2n) is 12.2. The number of carbonyl (C=O) groups is 2. The van der Waals surface area contributed by atoms with E-state index in [1.807, 2.05) is 52.4 Å². The van der Waals surface area contributed by atoms with E-state index < -0.39 is 5.41 Å². The van der Waals surface area contributed by atoms with Crippen molar-refractivity contribution in [3.05, 3.63) is 99.2 Å². The van der Waals surface area contributed by atoms with Crippen molar-refractivity contribution in [1.29, 1.82) is 5.26 Å². The minimum Gasteiger partial charge on any atom is -0.368 e. The van der Waals surface area contributed by atoms with Gasteiger partial charge in [0.05, 0.1) is 39.4 Å². The van der Waals surface area contributed by atoms with Crippen LogP contribution in [-0.4, -0.2) is 52.4 Å². The highest BCUT2D eigenvalue weighted by Crippen LogP contribution is 2.39. The van der Waals surface area contributed by atoms with Crippen molar-refractivity contribution in [2.24, 2.45) is 5.41 Å². The SMILES string of the molecule is CC1(C(=O)N(Cc2cncn2Cc2ccc(C#N)cc2)c2ccc(N3CCN(C(=O)c4ccc(Cl)s4)CC3)cc2)CCCCC1. The highest BCUT2D eigenvalue weighted by molar-refractivity contribution is 7.17. The van der Waals surface area contributed by atoms with Crippen molar-refractivity contribution in [3.63, 3.8) is 0 Å². The topological polar surface area (TPSA) is 85.5 Å². The standard InChI is InChI=1S/C35H37ClN6O2S/c1-35(15-3-2-4-16-35)34(44)42(24-30-22-38-25-41(30)23-27-7-5-26(21-37)6-8-27)29-11-9-28(10-12-29)39-17-19-40(20-18-39)33(43)31-13-14-32(36)45-31/h5-14,22,25H,2-4,15-20,23-24H2,1H3. The molecule has 8 nitrogen and oxygen atoms in total. The zero-order valence-electron chi connectivity index (χ0n) is 25.5. The van der Waals surface area contributed by atoms with E-state index in [9.17, 15) is 9.59 Å². The molecule has 0 bridgehead atoms. The molecule has 1 aliphatic carbocycles. The third-order valence-corrected chi connectivity index (χ3v) is 10.4.